The number of nitrogens with two attached hydrogens (primary N) is 1. The number of rotatable bonds is 4. The molecule has 0 bridgehead atoms. The Morgan fingerprint density at radius 2 is 1.90 bits per heavy atom. The number of halogens is 3. The lowest BCUT2D eigenvalue weighted by molar-refractivity contribution is -0.121. The van der Waals surface area contributed by atoms with Gasteiger partial charge in [0.1, 0.15) is 5.41 Å². The maximum absolute atomic E-state index is 12.3. The number of nitrogens with zero attached hydrogens (tertiary/aromatic N) is 1. The van der Waals surface area contributed by atoms with Crippen LogP contribution < -0.4 is 11.1 Å². The Hall–Kier alpha value is -1.17. The largest absolute Gasteiger partial charge is 0.409 e. The molecule has 1 amide bonds. The number of carbonyl (C=O) groups excluding carboxylic acids is 1. The Bertz CT molecular complexity index is 540. The van der Waals surface area contributed by atoms with Crippen molar-refractivity contribution in [2.24, 2.45) is 16.3 Å². The maximum atomic E-state index is 12.3. The molecule has 0 spiro atoms. The Labute approximate surface area is 131 Å². The predicted molar refractivity (Wildman–Crippen MR) is 81.9 cm³/mol. The van der Waals surface area contributed by atoms with Crippen LogP contribution in [-0.2, 0) is 4.79 Å². The summed E-state index contributed by atoms with van der Waals surface area (Å²) in [5.74, 6) is -0.680. The van der Waals surface area contributed by atoms with E-state index in [9.17, 15) is 4.79 Å². The lowest BCUT2D eigenvalue weighted by Crippen LogP contribution is -2.44. The molecule has 110 valence electrons. The Balaban J connectivity index is 3.13. The third kappa shape index (κ3) is 3.29. The summed E-state index contributed by atoms with van der Waals surface area (Å²) in [5.41, 5.74) is 4.62. The number of hydrogen-bond donors (Lipinski definition) is 3. The fraction of sp³-hybridized carbons (Fsp3) is 0.333. The lowest BCUT2D eigenvalue weighted by atomic mass is 9.85. The minimum absolute atomic E-state index is 0.196. The van der Waals surface area contributed by atoms with E-state index in [1.165, 1.54) is 12.1 Å². The van der Waals surface area contributed by atoms with Crippen molar-refractivity contribution in [3.63, 3.8) is 0 Å². The summed E-state index contributed by atoms with van der Waals surface area (Å²) in [4.78, 5) is 12.3. The van der Waals surface area contributed by atoms with Crippen molar-refractivity contribution in [3.05, 3.63) is 27.2 Å². The first kappa shape index (κ1) is 16.9. The normalized spacial score (nSPS) is 14.8. The second-order valence-corrected chi connectivity index (χ2v) is 5.62. The summed E-state index contributed by atoms with van der Waals surface area (Å²) in [6, 6.07) is 2.91. The molecule has 0 radical (unpaired) electrons. The highest BCUT2D eigenvalue weighted by Crippen LogP contribution is 2.35. The van der Waals surface area contributed by atoms with E-state index in [0.29, 0.717) is 11.4 Å². The molecule has 0 saturated heterocycles. The highest BCUT2D eigenvalue weighted by molar-refractivity contribution is 6.42. The topological polar surface area (TPSA) is 87.7 Å². The van der Waals surface area contributed by atoms with Gasteiger partial charge in [-0.15, -0.1) is 0 Å². The summed E-state index contributed by atoms with van der Waals surface area (Å²) in [6.45, 7) is 3.29. The molecule has 8 heteroatoms. The van der Waals surface area contributed by atoms with Gasteiger partial charge in [0.2, 0.25) is 5.91 Å². The summed E-state index contributed by atoms with van der Waals surface area (Å²) in [6.07, 6.45) is 0.331. The molecule has 0 aliphatic carbocycles. The Morgan fingerprint density at radius 1 is 1.40 bits per heavy atom. The average Bonchev–Trinajstić information content (AvgIpc) is 2.40. The monoisotopic (exact) mass is 337 g/mol. The molecule has 0 aliphatic heterocycles. The second-order valence-electron chi connectivity index (χ2n) is 4.37. The zero-order chi connectivity index (χ0) is 15.5. The Morgan fingerprint density at radius 3 is 2.30 bits per heavy atom. The number of nitrogens with one attached hydrogen (secondary N) is 1. The number of hydrogen-bond acceptors (Lipinski definition) is 3. The molecule has 1 atom stereocenters. The van der Waals surface area contributed by atoms with Gasteiger partial charge >= 0.3 is 0 Å². The number of carbonyl (C=O) groups is 1. The van der Waals surface area contributed by atoms with Gasteiger partial charge in [0.15, 0.2) is 5.84 Å². The number of amidine groups is 1. The first-order valence-corrected chi connectivity index (χ1v) is 6.83. The molecular formula is C12H14Cl3N3O2. The van der Waals surface area contributed by atoms with Gasteiger partial charge in [-0.1, -0.05) is 46.9 Å². The van der Waals surface area contributed by atoms with E-state index in [1.807, 2.05) is 0 Å². The van der Waals surface area contributed by atoms with Crippen molar-refractivity contribution in [2.45, 2.75) is 20.3 Å². The van der Waals surface area contributed by atoms with Crippen LogP contribution in [0.1, 0.15) is 20.3 Å². The molecule has 4 N–H and O–H groups in total. The van der Waals surface area contributed by atoms with Crippen molar-refractivity contribution in [3.8, 4) is 0 Å². The van der Waals surface area contributed by atoms with Gasteiger partial charge in [0.25, 0.3) is 0 Å². The first-order valence-electron chi connectivity index (χ1n) is 5.70. The van der Waals surface area contributed by atoms with Gasteiger partial charge in [-0.2, -0.15) is 0 Å². The lowest BCUT2D eigenvalue weighted by Gasteiger charge is -2.25. The molecule has 0 aromatic heterocycles. The highest BCUT2D eigenvalue weighted by Gasteiger charge is 2.37. The smallest absolute Gasteiger partial charge is 0.238 e. The van der Waals surface area contributed by atoms with E-state index in [2.05, 4.69) is 10.5 Å². The molecule has 20 heavy (non-hydrogen) atoms. The molecule has 1 aromatic rings. The summed E-state index contributed by atoms with van der Waals surface area (Å²) in [5, 5.41) is 15.0. The fourth-order valence-electron chi connectivity index (χ4n) is 1.48. The molecule has 0 saturated carbocycles. The van der Waals surface area contributed by atoms with E-state index in [0.717, 1.165) is 0 Å². The zero-order valence-electron chi connectivity index (χ0n) is 10.9. The number of anilines is 1. The third-order valence-electron chi connectivity index (χ3n) is 3.13. The van der Waals surface area contributed by atoms with Crippen molar-refractivity contribution in [1.82, 2.24) is 0 Å². The first-order chi connectivity index (χ1) is 9.26. The van der Waals surface area contributed by atoms with E-state index in [1.54, 1.807) is 13.8 Å². The number of amides is 1. The highest BCUT2D eigenvalue weighted by atomic mass is 35.5. The quantitative estimate of drug-likeness (QED) is 0.338. The molecular weight excluding hydrogens is 325 g/mol. The van der Waals surface area contributed by atoms with E-state index < -0.39 is 11.3 Å². The Kier molecular flexibility index (Phi) is 5.50. The molecule has 0 fully saturated rings. The van der Waals surface area contributed by atoms with Crippen LogP contribution >= 0.6 is 34.8 Å². The fourth-order valence-corrected chi connectivity index (χ4v) is 2.39. The van der Waals surface area contributed by atoms with Gasteiger partial charge in [0, 0.05) is 5.02 Å². The number of benzene rings is 1. The SMILES string of the molecule is CCC(C)(C(=O)Nc1c(Cl)cc(Cl)cc1Cl)C(N)=NO. The molecule has 0 heterocycles. The van der Waals surface area contributed by atoms with Gasteiger partial charge in [0.05, 0.1) is 15.7 Å². The predicted octanol–water partition coefficient (Wildman–Crippen LogP) is 3.75. The third-order valence-corrected chi connectivity index (χ3v) is 3.94. The minimum Gasteiger partial charge on any atom is -0.409 e. The molecule has 1 unspecified atom stereocenters. The molecule has 1 aromatic carbocycles. The molecule has 0 aliphatic rings. The summed E-state index contributed by atoms with van der Waals surface area (Å²) >= 11 is 17.8. The van der Waals surface area contributed by atoms with Crippen LogP contribution in [0.2, 0.25) is 15.1 Å². The van der Waals surface area contributed by atoms with Crippen LogP contribution in [0.3, 0.4) is 0 Å². The zero-order valence-corrected chi connectivity index (χ0v) is 13.1. The second kappa shape index (κ2) is 6.52. The van der Waals surface area contributed by atoms with Gasteiger partial charge < -0.3 is 16.3 Å². The van der Waals surface area contributed by atoms with Crippen molar-refractivity contribution >= 4 is 52.2 Å². The van der Waals surface area contributed by atoms with Crippen molar-refractivity contribution in [1.29, 1.82) is 0 Å². The summed E-state index contributed by atoms with van der Waals surface area (Å²) < 4.78 is 0. The van der Waals surface area contributed by atoms with Crippen molar-refractivity contribution in [2.75, 3.05) is 5.32 Å². The minimum atomic E-state index is -1.18. The van der Waals surface area contributed by atoms with Crippen molar-refractivity contribution < 1.29 is 10.0 Å². The van der Waals surface area contributed by atoms with Gasteiger partial charge in [-0.3, -0.25) is 4.79 Å². The van der Waals surface area contributed by atoms with Crippen LogP contribution in [-0.4, -0.2) is 17.0 Å². The van der Waals surface area contributed by atoms with Crippen LogP contribution in [0, 0.1) is 5.41 Å². The van der Waals surface area contributed by atoms with Crippen LogP contribution in [0.5, 0.6) is 0 Å². The van der Waals surface area contributed by atoms with E-state index in [4.69, 9.17) is 45.7 Å². The van der Waals surface area contributed by atoms with Gasteiger partial charge in [-0.25, -0.2) is 0 Å². The maximum Gasteiger partial charge on any atom is 0.238 e. The van der Waals surface area contributed by atoms with Crippen LogP contribution in [0.25, 0.3) is 0 Å². The molecule has 5 nitrogen and oxygen atoms in total. The van der Waals surface area contributed by atoms with E-state index >= 15 is 0 Å². The summed E-state index contributed by atoms with van der Waals surface area (Å²) in [7, 11) is 0. The molecule has 1 rings (SSSR count). The van der Waals surface area contributed by atoms with Crippen LogP contribution in [0.4, 0.5) is 5.69 Å². The number of oxime groups is 1. The average molecular weight is 339 g/mol. The van der Waals surface area contributed by atoms with E-state index in [-0.39, 0.29) is 21.6 Å². The van der Waals surface area contributed by atoms with Crippen LogP contribution in [0.15, 0.2) is 17.3 Å². The standard InChI is InChI=1S/C12H14Cl3N3O2/c1-3-12(2,10(16)18-20)11(19)17-9-7(14)4-6(13)5-8(9)15/h4-5,20H,3H2,1-2H3,(H2,16,18)(H,17,19). The van der Waals surface area contributed by atoms with Gasteiger partial charge in [-0.05, 0) is 25.5 Å².